The van der Waals surface area contributed by atoms with Gasteiger partial charge in [-0.15, -0.1) is 0 Å². The maximum absolute atomic E-state index is 11.9. The third-order valence-corrected chi connectivity index (χ3v) is 3.69. The molecule has 2 N–H and O–H groups in total. The number of carbonyl (C=O) groups is 1. The fourth-order valence-corrected chi connectivity index (χ4v) is 2.36. The van der Waals surface area contributed by atoms with E-state index in [0.717, 1.165) is 51.9 Å². The lowest BCUT2D eigenvalue weighted by molar-refractivity contribution is -0.126. The number of amides is 1. The Kier molecular flexibility index (Phi) is 6.52. The first kappa shape index (κ1) is 14.5. The van der Waals surface area contributed by atoms with E-state index in [4.69, 9.17) is 0 Å². The van der Waals surface area contributed by atoms with Crippen LogP contribution in [0.25, 0.3) is 0 Å². The number of aliphatic hydroxyl groups excluding tert-OH is 1. The molecule has 0 spiro atoms. The Morgan fingerprint density at radius 2 is 1.82 bits per heavy atom. The van der Waals surface area contributed by atoms with Crippen LogP contribution in [0.5, 0.6) is 0 Å². The molecule has 1 fully saturated rings. The zero-order chi connectivity index (χ0) is 12.7. The molecule has 0 heterocycles. The van der Waals surface area contributed by atoms with Gasteiger partial charge in [0.2, 0.25) is 5.91 Å². The average Bonchev–Trinajstić information content (AvgIpc) is 2.35. The zero-order valence-electron chi connectivity index (χ0n) is 11.1. The summed E-state index contributed by atoms with van der Waals surface area (Å²) < 4.78 is 0. The number of nitrogens with one attached hydrogen (secondary N) is 1. The Hall–Kier alpha value is -0.610. The van der Waals surface area contributed by atoms with E-state index >= 15 is 0 Å². The third kappa shape index (κ3) is 5.04. The zero-order valence-corrected chi connectivity index (χ0v) is 11.1. The molecule has 100 valence electrons. The lowest BCUT2D eigenvalue weighted by Gasteiger charge is -2.25. The van der Waals surface area contributed by atoms with Gasteiger partial charge in [-0.05, 0) is 38.8 Å². The van der Waals surface area contributed by atoms with E-state index in [-0.39, 0.29) is 17.9 Å². The number of carbonyl (C=O) groups excluding carboxylic acids is 1. The number of likely N-dealkylation sites (N-methyl/N-ethyl adjacent to an activating group) is 1. The van der Waals surface area contributed by atoms with Gasteiger partial charge in [0.15, 0.2) is 0 Å². The summed E-state index contributed by atoms with van der Waals surface area (Å²) in [4.78, 5) is 14.1. The predicted molar refractivity (Wildman–Crippen MR) is 68.8 cm³/mol. The second-order valence-electron chi connectivity index (χ2n) is 4.82. The van der Waals surface area contributed by atoms with Gasteiger partial charge in [0.1, 0.15) is 0 Å². The van der Waals surface area contributed by atoms with Gasteiger partial charge in [-0.3, -0.25) is 4.79 Å². The highest BCUT2D eigenvalue weighted by Gasteiger charge is 2.24. The Bertz CT molecular complexity index is 221. The molecule has 1 aliphatic rings. The first-order valence-corrected chi connectivity index (χ1v) is 6.85. The van der Waals surface area contributed by atoms with Crippen LogP contribution in [-0.2, 0) is 4.79 Å². The highest BCUT2D eigenvalue weighted by atomic mass is 16.3. The van der Waals surface area contributed by atoms with Gasteiger partial charge in [-0.1, -0.05) is 13.8 Å². The molecular weight excluding hydrogens is 216 g/mol. The van der Waals surface area contributed by atoms with Crippen LogP contribution >= 0.6 is 0 Å². The fraction of sp³-hybridized carbons (Fsp3) is 0.923. The summed E-state index contributed by atoms with van der Waals surface area (Å²) in [5.41, 5.74) is 0. The highest BCUT2D eigenvalue weighted by Crippen LogP contribution is 2.23. The van der Waals surface area contributed by atoms with Gasteiger partial charge < -0.3 is 15.3 Å². The van der Waals surface area contributed by atoms with Crippen molar-refractivity contribution < 1.29 is 9.90 Å². The summed E-state index contributed by atoms with van der Waals surface area (Å²) in [6.07, 6.45) is 3.02. The molecule has 0 unspecified atom stereocenters. The Morgan fingerprint density at radius 1 is 1.24 bits per heavy atom. The maximum Gasteiger partial charge on any atom is 0.223 e. The molecule has 1 aliphatic carbocycles. The van der Waals surface area contributed by atoms with Crippen molar-refractivity contribution in [2.75, 3.05) is 26.2 Å². The molecule has 0 atom stereocenters. The molecule has 4 heteroatoms. The number of rotatable bonds is 6. The van der Waals surface area contributed by atoms with E-state index in [1.807, 2.05) is 0 Å². The summed E-state index contributed by atoms with van der Waals surface area (Å²) in [5, 5.41) is 12.4. The molecule has 0 aromatic carbocycles. The lowest BCUT2D eigenvalue weighted by Crippen LogP contribution is -2.39. The van der Waals surface area contributed by atoms with Gasteiger partial charge >= 0.3 is 0 Å². The van der Waals surface area contributed by atoms with Crippen molar-refractivity contribution in [2.45, 2.75) is 45.6 Å². The number of nitrogens with zero attached hydrogens (tertiary/aromatic N) is 1. The van der Waals surface area contributed by atoms with Crippen molar-refractivity contribution in [2.24, 2.45) is 5.92 Å². The molecule has 1 saturated carbocycles. The number of aliphatic hydroxyl groups is 1. The quantitative estimate of drug-likeness (QED) is 0.730. The first-order chi connectivity index (χ1) is 8.17. The van der Waals surface area contributed by atoms with Crippen molar-refractivity contribution in [3.05, 3.63) is 0 Å². The fourth-order valence-electron chi connectivity index (χ4n) is 2.36. The minimum atomic E-state index is -0.185. The summed E-state index contributed by atoms with van der Waals surface area (Å²) in [6, 6.07) is 0. The van der Waals surface area contributed by atoms with Crippen LogP contribution in [-0.4, -0.2) is 48.2 Å². The van der Waals surface area contributed by atoms with Crippen molar-refractivity contribution in [3.63, 3.8) is 0 Å². The summed E-state index contributed by atoms with van der Waals surface area (Å²) in [5.74, 6) is 0.291. The molecule has 0 saturated heterocycles. The van der Waals surface area contributed by atoms with E-state index in [0.29, 0.717) is 0 Å². The van der Waals surface area contributed by atoms with E-state index < -0.39 is 0 Å². The first-order valence-electron chi connectivity index (χ1n) is 6.85. The molecule has 0 aromatic rings. The van der Waals surface area contributed by atoms with Gasteiger partial charge in [0, 0.05) is 19.0 Å². The van der Waals surface area contributed by atoms with Gasteiger partial charge in [0.05, 0.1) is 6.10 Å². The minimum absolute atomic E-state index is 0.120. The molecule has 1 amide bonds. The van der Waals surface area contributed by atoms with E-state index in [9.17, 15) is 9.90 Å². The normalized spacial score (nSPS) is 24.9. The molecule has 17 heavy (non-hydrogen) atoms. The smallest absolute Gasteiger partial charge is 0.223 e. The molecule has 0 radical (unpaired) electrons. The van der Waals surface area contributed by atoms with Crippen LogP contribution in [0.2, 0.25) is 0 Å². The van der Waals surface area contributed by atoms with Crippen LogP contribution in [0.1, 0.15) is 39.5 Å². The van der Waals surface area contributed by atoms with Gasteiger partial charge in [0.25, 0.3) is 0 Å². The van der Waals surface area contributed by atoms with E-state index in [2.05, 4.69) is 24.1 Å². The topological polar surface area (TPSA) is 52.6 Å². The van der Waals surface area contributed by atoms with E-state index in [1.54, 1.807) is 0 Å². The summed E-state index contributed by atoms with van der Waals surface area (Å²) >= 11 is 0. The van der Waals surface area contributed by atoms with Gasteiger partial charge in [-0.25, -0.2) is 0 Å². The summed E-state index contributed by atoms with van der Waals surface area (Å²) in [7, 11) is 0. The second-order valence-corrected chi connectivity index (χ2v) is 4.82. The highest BCUT2D eigenvalue weighted by molar-refractivity contribution is 5.78. The molecular formula is C13H26N2O2. The largest absolute Gasteiger partial charge is 0.393 e. The Morgan fingerprint density at radius 3 is 2.35 bits per heavy atom. The monoisotopic (exact) mass is 242 g/mol. The van der Waals surface area contributed by atoms with Crippen LogP contribution in [0, 0.1) is 5.92 Å². The van der Waals surface area contributed by atoms with Crippen molar-refractivity contribution in [3.8, 4) is 0 Å². The van der Waals surface area contributed by atoms with Crippen LogP contribution in [0.4, 0.5) is 0 Å². The SMILES string of the molecule is CCN(CC)CCNC(=O)[C@H]1CC[C@@H](O)CC1. The maximum atomic E-state index is 11.9. The predicted octanol–water partition coefficient (Wildman–Crippen LogP) is 0.995. The number of hydrogen-bond acceptors (Lipinski definition) is 3. The van der Waals surface area contributed by atoms with Gasteiger partial charge in [-0.2, -0.15) is 0 Å². The lowest BCUT2D eigenvalue weighted by atomic mass is 9.87. The average molecular weight is 242 g/mol. The van der Waals surface area contributed by atoms with E-state index in [1.165, 1.54) is 0 Å². The van der Waals surface area contributed by atoms with Crippen molar-refractivity contribution in [1.29, 1.82) is 0 Å². The molecule has 1 rings (SSSR count). The van der Waals surface area contributed by atoms with Crippen LogP contribution < -0.4 is 5.32 Å². The molecule has 0 aromatic heterocycles. The Labute approximate surface area is 104 Å². The summed E-state index contributed by atoms with van der Waals surface area (Å²) in [6.45, 7) is 7.99. The molecule has 0 aliphatic heterocycles. The molecule has 0 bridgehead atoms. The standard InChI is InChI=1S/C13H26N2O2/c1-3-15(4-2)10-9-14-13(17)11-5-7-12(16)8-6-11/h11-12,16H,3-10H2,1-2H3,(H,14,17)/t11-,12+. The van der Waals surface area contributed by atoms with Crippen LogP contribution in [0.15, 0.2) is 0 Å². The van der Waals surface area contributed by atoms with Crippen molar-refractivity contribution in [1.82, 2.24) is 10.2 Å². The van der Waals surface area contributed by atoms with Crippen molar-refractivity contribution >= 4 is 5.91 Å². The second kappa shape index (κ2) is 7.67. The minimum Gasteiger partial charge on any atom is -0.393 e. The third-order valence-electron chi connectivity index (χ3n) is 3.69. The number of hydrogen-bond donors (Lipinski definition) is 2. The van der Waals surface area contributed by atoms with Crippen LogP contribution in [0.3, 0.4) is 0 Å². The molecule has 4 nitrogen and oxygen atoms in total. The Balaban J connectivity index is 2.16.